The first-order valence-electron chi connectivity index (χ1n) is 6.66. The summed E-state index contributed by atoms with van der Waals surface area (Å²) in [6.07, 6.45) is 3.68. The van der Waals surface area contributed by atoms with Crippen LogP contribution >= 0.6 is 0 Å². The molecular formula is C15H22O2. The van der Waals surface area contributed by atoms with E-state index < -0.39 is 0 Å². The molecule has 1 spiro atoms. The molecule has 0 aromatic carbocycles. The van der Waals surface area contributed by atoms with Gasteiger partial charge in [0.1, 0.15) is 5.76 Å². The van der Waals surface area contributed by atoms with Crippen LogP contribution in [0.25, 0.3) is 0 Å². The Labute approximate surface area is 103 Å². The Morgan fingerprint density at radius 3 is 2.53 bits per heavy atom. The van der Waals surface area contributed by atoms with E-state index in [4.69, 9.17) is 4.74 Å². The molecule has 0 radical (unpaired) electrons. The van der Waals surface area contributed by atoms with Crippen molar-refractivity contribution in [3.05, 3.63) is 11.3 Å². The van der Waals surface area contributed by atoms with E-state index in [9.17, 15) is 4.79 Å². The van der Waals surface area contributed by atoms with Crippen LogP contribution in [-0.2, 0) is 9.53 Å². The summed E-state index contributed by atoms with van der Waals surface area (Å²) in [6.45, 7) is 10.7. The first kappa shape index (κ1) is 11.3. The monoisotopic (exact) mass is 234 g/mol. The molecule has 0 amide bonds. The highest BCUT2D eigenvalue weighted by Gasteiger charge is 2.84. The van der Waals surface area contributed by atoms with Crippen molar-refractivity contribution in [3.63, 3.8) is 0 Å². The van der Waals surface area contributed by atoms with E-state index in [1.807, 2.05) is 0 Å². The van der Waals surface area contributed by atoms with E-state index in [0.717, 1.165) is 12.2 Å². The first-order valence-corrected chi connectivity index (χ1v) is 6.66. The highest BCUT2D eigenvalue weighted by molar-refractivity contribution is 5.68. The molecule has 0 N–H and O–H groups in total. The molecule has 0 bridgehead atoms. The zero-order valence-corrected chi connectivity index (χ0v) is 11.5. The van der Waals surface area contributed by atoms with Gasteiger partial charge in [-0.15, -0.1) is 0 Å². The summed E-state index contributed by atoms with van der Waals surface area (Å²) in [7, 11) is 0. The third kappa shape index (κ3) is 0.974. The number of ether oxygens (including phenoxy) is 1. The lowest BCUT2D eigenvalue weighted by Crippen LogP contribution is -2.29. The molecule has 0 saturated heterocycles. The number of hydrogen-bond acceptors (Lipinski definition) is 2. The van der Waals surface area contributed by atoms with Crippen LogP contribution < -0.4 is 0 Å². The lowest BCUT2D eigenvalue weighted by Gasteiger charge is -2.33. The van der Waals surface area contributed by atoms with Crippen molar-refractivity contribution >= 4 is 5.97 Å². The fraction of sp³-hybridized carbons (Fsp3) is 0.800. The number of carbonyl (C=O) groups excluding carboxylic acids is 1. The minimum atomic E-state index is -0.161. The predicted molar refractivity (Wildman–Crippen MR) is 66.1 cm³/mol. The van der Waals surface area contributed by atoms with E-state index in [0.29, 0.717) is 16.7 Å². The second-order valence-corrected chi connectivity index (χ2v) is 7.06. The van der Waals surface area contributed by atoms with Crippen molar-refractivity contribution in [2.45, 2.75) is 53.9 Å². The summed E-state index contributed by atoms with van der Waals surface area (Å²) >= 11 is 0. The number of esters is 1. The molecule has 3 aliphatic carbocycles. The summed E-state index contributed by atoms with van der Waals surface area (Å²) in [5.74, 6) is 1.58. The molecule has 0 unspecified atom stereocenters. The smallest absolute Gasteiger partial charge is 0.307 e. The standard InChI is InChI=1S/C15H22O2/c1-9-8-14(5)7-6-11-13(3,4)15(11,14)12(9)17-10(2)16/h11H,6-8H2,1-5H3/t11-,14-,15+/m1/s1. The highest BCUT2D eigenvalue weighted by atomic mass is 16.5. The Morgan fingerprint density at radius 1 is 1.35 bits per heavy atom. The number of allylic oxidation sites excluding steroid dienone is 2. The molecular weight excluding hydrogens is 212 g/mol. The summed E-state index contributed by atoms with van der Waals surface area (Å²) in [5, 5.41) is 0. The zero-order chi connectivity index (χ0) is 12.6. The topological polar surface area (TPSA) is 26.3 Å². The van der Waals surface area contributed by atoms with Crippen LogP contribution in [0.2, 0.25) is 0 Å². The van der Waals surface area contributed by atoms with Crippen molar-refractivity contribution in [1.82, 2.24) is 0 Å². The van der Waals surface area contributed by atoms with Gasteiger partial charge in [-0.25, -0.2) is 0 Å². The molecule has 94 valence electrons. The van der Waals surface area contributed by atoms with Gasteiger partial charge in [0.05, 0.1) is 0 Å². The number of carbonyl (C=O) groups is 1. The minimum Gasteiger partial charge on any atom is -0.431 e. The van der Waals surface area contributed by atoms with Gasteiger partial charge >= 0.3 is 5.97 Å². The van der Waals surface area contributed by atoms with Gasteiger partial charge in [-0.1, -0.05) is 20.8 Å². The lowest BCUT2D eigenvalue weighted by atomic mass is 9.71. The Kier molecular flexibility index (Phi) is 1.85. The predicted octanol–water partition coefficient (Wildman–Crippen LogP) is 3.67. The van der Waals surface area contributed by atoms with Crippen molar-refractivity contribution in [1.29, 1.82) is 0 Å². The van der Waals surface area contributed by atoms with E-state index in [1.165, 1.54) is 25.3 Å². The minimum absolute atomic E-state index is 0.161. The third-order valence-electron chi connectivity index (χ3n) is 5.91. The molecule has 2 saturated carbocycles. The molecule has 0 aliphatic heterocycles. The van der Waals surface area contributed by atoms with Crippen LogP contribution in [0.3, 0.4) is 0 Å². The van der Waals surface area contributed by atoms with Crippen LogP contribution in [0.5, 0.6) is 0 Å². The fourth-order valence-electron chi connectivity index (χ4n) is 5.57. The van der Waals surface area contributed by atoms with E-state index >= 15 is 0 Å². The van der Waals surface area contributed by atoms with Crippen LogP contribution in [-0.4, -0.2) is 5.97 Å². The van der Waals surface area contributed by atoms with Gasteiger partial charge < -0.3 is 4.74 Å². The average Bonchev–Trinajstić information content (AvgIpc) is 2.44. The molecule has 3 aliphatic rings. The molecule has 2 nitrogen and oxygen atoms in total. The summed E-state index contributed by atoms with van der Waals surface area (Å²) < 4.78 is 5.62. The summed E-state index contributed by atoms with van der Waals surface area (Å²) in [6, 6.07) is 0. The summed E-state index contributed by atoms with van der Waals surface area (Å²) in [5.41, 5.74) is 2.10. The molecule has 0 aromatic heterocycles. The number of rotatable bonds is 1. The second-order valence-electron chi connectivity index (χ2n) is 7.06. The maximum atomic E-state index is 11.4. The molecule has 17 heavy (non-hydrogen) atoms. The fourth-order valence-corrected chi connectivity index (χ4v) is 5.57. The van der Waals surface area contributed by atoms with Gasteiger partial charge in [0, 0.05) is 12.3 Å². The second kappa shape index (κ2) is 2.78. The number of hydrogen-bond donors (Lipinski definition) is 0. The largest absolute Gasteiger partial charge is 0.431 e. The molecule has 0 aromatic rings. The average molecular weight is 234 g/mol. The Balaban J connectivity index is 2.10. The van der Waals surface area contributed by atoms with Crippen molar-refractivity contribution in [2.75, 3.05) is 0 Å². The molecule has 0 heterocycles. The van der Waals surface area contributed by atoms with Crippen LogP contribution in [0, 0.1) is 22.2 Å². The van der Waals surface area contributed by atoms with Crippen LogP contribution in [0.15, 0.2) is 11.3 Å². The molecule has 3 atom stereocenters. The molecule has 3 rings (SSSR count). The Hall–Kier alpha value is -0.790. The van der Waals surface area contributed by atoms with Crippen molar-refractivity contribution in [3.8, 4) is 0 Å². The highest BCUT2D eigenvalue weighted by Crippen LogP contribution is 2.88. The third-order valence-corrected chi connectivity index (χ3v) is 5.91. The van der Waals surface area contributed by atoms with Crippen LogP contribution in [0.4, 0.5) is 0 Å². The first-order chi connectivity index (χ1) is 7.77. The SMILES string of the molecule is CC(=O)OC1=C(C)C[C@@]2(C)CC[C@@H]3C(C)(C)[C@@]132. The summed E-state index contributed by atoms with van der Waals surface area (Å²) in [4.78, 5) is 11.4. The Morgan fingerprint density at radius 2 is 2.00 bits per heavy atom. The molecule has 2 heteroatoms. The normalized spacial score (nSPS) is 45.6. The van der Waals surface area contributed by atoms with Gasteiger partial charge in [0.25, 0.3) is 0 Å². The van der Waals surface area contributed by atoms with E-state index in [2.05, 4.69) is 27.7 Å². The van der Waals surface area contributed by atoms with Gasteiger partial charge in [-0.2, -0.15) is 0 Å². The molecule has 2 fully saturated rings. The lowest BCUT2D eigenvalue weighted by molar-refractivity contribution is -0.138. The van der Waals surface area contributed by atoms with Gasteiger partial charge in [0.2, 0.25) is 0 Å². The van der Waals surface area contributed by atoms with Gasteiger partial charge in [-0.05, 0) is 48.5 Å². The van der Waals surface area contributed by atoms with Gasteiger partial charge in [0.15, 0.2) is 0 Å². The quantitative estimate of drug-likeness (QED) is 0.647. The maximum absolute atomic E-state index is 11.4. The van der Waals surface area contributed by atoms with Crippen LogP contribution in [0.1, 0.15) is 53.9 Å². The zero-order valence-electron chi connectivity index (χ0n) is 11.5. The van der Waals surface area contributed by atoms with Crippen molar-refractivity contribution < 1.29 is 9.53 Å². The maximum Gasteiger partial charge on any atom is 0.307 e. The van der Waals surface area contributed by atoms with E-state index in [1.54, 1.807) is 0 Å². The van der Waals surface area contributed by atoms with E-state index in [-0.39, 0.29) is 11.4 Å². The Bertz CT molecular complexity index is 446. The van der Waals surface area contributed by atoms with Gasteiger partial charge in [-0.3, -0.25) is 4.79 Å². The van der Waals surface area contributed by atoms with Crippen molar-refractivity contribution in [2.24, 2.45) is 22.2 Å².